The Morgan fingerprint density at radius 3 is 1.80 bits per heavy atom. The Hall–Kier alpha value is -9.03. The van der Waals surface area contributed by atoms with Crippen LogP contribution in [0.15, 0.2) is 59.4 Å². The Morgan fingerprint density at radius 1 is 0.618 bits per heavy atom. The molecule has 0 saturated heterocycles. The lowest BCUT2D eigenvalue weighted by atomic mass is 9.81. The van der Waals surface area contributed by atoms with Gasteiger partial charge in [0.1, 0.15) is 37.9 Å². The van der Waals surface area contributed by atoms with Gasteiger partial charge in [-0.15, -0.1) is 0 Å². The number of aromatic nitrogens is 2. The van der Waals surface area contributed by atoms with E-state index in [9.17, 15) is 52.7 Å². The van der Waals surface area contributed by atoms with Crippen LogP contribution in [0, 0.1) is 30.5 Å². The van der Waals surface area contributed by atoms with Crippen molar-refractivity contribution in [2.24, 2.45) is 17.8 Å². The second-order valence-corrected chi connectivity index (χ2v) is 27.6. The van der Waals surface area contributed by atoms with Gasteiger partial charge in [0, 0.05) is 54.6 Å². The van der Waals surface area contributed by atoms with Gasteiger partial charge in [0.05, 0.1) is 173 Å². The number of nitrogens with one attached hydrogen (secondary N) is 7. The molecule has 2 aromatic heterocycles. The summed E-state index contributed by atoms with van der Waals surface area (Å²) in [5, 5.41) is 19.4. The van der Waals surface area contributed by atoms with Crippen LogP contribution in [-0.4, -0.2) is 244 Å². The molecular formula is C77H101FN10O22. The van der Waals surface area contributed by atoms with Crippen LogP contribution in [0.3, 0.4) is 0 Å². The summed E-state index contributed by atoms with van der Waals surface area (Å²) in [6.45, 7) is 8.14. The van der Waals surface area contributed by atoms with Crippen LogP contribution in [-0.2, 0) is 126 Å². The first kappa shape index (κ1) is 83.4. The fraction of sp³-hybridized carbons (Fsp3) is 0.584. The van der Waals surface area contributed by atoms with Crippen LogP contribution in [0.4, 0.5) is 4.39 Å². The Morgan fingerprint density at radius 2 is 1.19 bits per heavy atom. The summed E-state index contributed by atoms with van der Waals surface area (Å²) >= 11 is 0. The van der Waals surface area contributed by atoms with Gasteiger partial charge in [0.2, 0.25) is 41.4 Å². The maximum absolute atomic E-state index is 15.6. The van der Waals surface area contributed by atoms with Gasteiger partial charge in [0.15, 0.2) is 0 Å². The first-order valence-electron chi connectivity index (χ1n) is 37.9. The van der Waals surface area contributed by atoms with Crippen molar-refractivity contribution in [1.82, 2.24) is 51.7 Å². The number of hydrogen-bond acceptors (Lipinski definition) is 23. The molecule has 5 heterocycles. The summed E-state index contributed by atoms with van der Waals surface area (Å²) in [6, 6.07) is 10.3. The Balaban J connectivity index is 0.511. The lowest BCUT2D eigenvalue weighted by molar-refractivity contribution is -0.148. The monoisotopic (exact) mass is 1540 g/mol. The average Bonchev–Trinajstić information content (AvgIpc) is 1.50. The minimum absolute atomic E-state index is 0.00720. The topological polar surface area (TPSA) is 395 Å². The summed E-state index contributed by atoms with van der Waals surface area (Å²) in [4.78, 5) is 149. The third kappa shape index (κ3) is 24.2. The van der Waals surface area contributed by atoms with E-state index in [-0.39, 0.29) is 93.8 Å². The lowest BCUT2D eigenvalue weighted by Gasteiger charge is -2.31. The van der Waals surface area contributed by atoms with E-state index in [0.717, 1.165) is 36.8 Å². The Kier molecular flexibility index (Phi) is 32.6. The summed E-state index contributed by atoms with van der Waals surface area (Å²) in [5.74, 6) is -5.73. The Bertz CT molecular complexity index is 3940. The first-order valence-corrected chi connectivity index (χ1v) is 37.9. The first-order chi connectivity index (χ1) is 53.5. The molecule has 9 amide bonds. The predicted molar refractivity (Wildman–Crippen MR) is 391 cm³/mol. The Labute approximate surface area is 636 Å². The highest BCUT2D eigenvalue weighted by atomic mass is 19.1. The van der Waals surface area contributed by atoms with Gasteiger partial charge in [0.25, 0.3) is 17.4 Å². The minimum atomic E-state index is -1.17. The number of amides is 9. The van der Waals surface area contributed by atoms with Crippen LogP contribution in [0.5, 0.6) is 0 Å². The van der Waals surface area contributed by atoms with Crippen molar-refractivity contribution < 1.29 is 104 Å². The molecule has 33 heteroatoms. The number of rotatable bonds is 49. The number of imide groups is 1. The summed E-state index contributed by atoms with van der Waals surface area (Å²) in [5.41, 5.74) is 5.43. The molecule has 3 aliphatic heterocycles. The van der Waals surface area contributed by atoms with Crippen molar-refractivity contribution in [3.63, 3.8) is 0 Å². The molecule has 3 aliphatic carbocycles. The summed E-state index contributed by atoms with van der Waals surface area (Å²) in [6.07, 6.45) is 7.40. The SMILES string of the molecule is CC[C@H]1C(=O)OCc2c1cc1n(c2=O)Cc2c-1nc1cc(F)c(C)c3c1c2[C@@H](NC(=O)[C@@H](OCNC(=O)CNC(=O)[C@H](Cc1ccccc1)NC(=O)CNC(=O)CNC(=O)COCCOCCOCCOCCOCCOCCOCCOCCOCCNC(=O)[C@H]1CC[C@H](CN2C(=O)C=CC2=O)CC1)C1CC1)CC3. The fourth-order valence-electron chi connectivity index (χ4n) is 13.9. The molecule has 32 nitrogen and oxygen atoms in total. The molecule has 0 radical (unpaired) electrons. The lowest BCUT2D eigenvalue weighted by Crippen LogP contribution is -2.52. The standard InChI is InChI=1S/C77H101FN10O22/c1-3-53-55-38-62-71-56(44-87(62)76(98)57(55)45-109-77(53)99)70-59(16-15-54-48(2)58(78)39-60(85-71)69(54)70)86-75(97)72(51-13-14-51)110-47-83-64(90)41-82-74(96)61(37-49-7-5-4-6-8-49)84-65(91)42-80-63(89)40-81-66(92)46-108-36-35-107-34-33-106-32-31-105-30-29-104-28-27-103-26-25-102-24-23-101-22-21-100-20-19-79-73(95)52-11-9-50(10-12-52)43-88-67(93)17-18-68(88)94/h4-8,17-18,38-39,50-53,59,61,72H,3,9-16,19-37,40-47H2,1-2H3,(H,79,95)(H,80,89)(H,81,92)(H,82,96)(H,83,90)(H,84,91)(H,86,97)/t50-,52-,53-,59+,61+,72+/m1/s1. The van der Waals surface area contributed by atoms with E-state index >= 15 is 4.39 Å². The molecule has 7 N–H and O–H groups in total. The van der Waals surface area contributed by atoms with E-state index in [2.05, 4.69) is 37.2 Å². The number of esters is 1. The molecular weight excluding hydrogens is 1440 g/mol. The second-order valence-electron chi connectivity index (χ2n) is 27.6. The third-order valence-corrected chi connectivity index (χ3v) is 19.9. The molecule has 4 aromatic rings. The molecule has 110 heavy (non-hydrogen) atoms. The average molecular weight is 1540 g/mol. The van der Waals surface area contributed by atoms with Crippen LogP contribution >= 0.6 is 0 Å². The molecule has 598 valence electrons. The van der Waals surface area contributed by atoms with Gasteiger partial charge in [-0.05, 0) is 110 Å². The number of pyridine rings is 2. The maximum Gasteiger partial charge on any atom is 0.313 e. The van der Waals surface area contributed by atoms with E-state index in [1.807, 2.05) is 13.0 Å². The third-order valence-electron chi connectivity index (χ3n) is 19.9. The molecule has 0 unspecified atom stereocenters. The number of carbonyl (C=O) groups excluding carboxylic acids is 10. The van der Waals surface area contributed by atoms with Crippen molar-refractivity contribution >= 4 is 70.0 Å². The minimum Gasteiger partial charge on any atom is -0.460 e. The number of hydrogen-bond donors (Lipinski definition) is 7. The number of halogens is 1. The van der Waals surface area contributed by atoms with Gasteiger partial charge < -0.3 is 93.9 Å². The van der Waals surface area contributed by atoms with Gasteiger partial charge in [-0.2, -0.15) is 0 Å². The maximum atomic E-state index is 15.6. The highest BCUT2D eigenvalue weighted by Gasteiger charge is 2.42. The van der Waals surface area contributed by atoms with Crippen LogP contribution in [0.1, 0.15) is 109 Å². The van der Waals surface area contributed by atoms with Gasteiger partial charge >= 0.3 is 5.97 Å². The number of aryl methyl sites for hydroxylation is 1. The fourth-order valence-corrected chi connectivity index (χ4v) is 13.9. The smallest absolute Gasteiger partial charge is 0.313 e. The molecule has 6 aliphatic rings. The molecule has 0 bridgehead atoms. The molecule has 2 fully saturated rings. The quantitative estimate of drug-likeness (QED) is 0.0125. The number of carbonyl (C=O) groups is 10. The van der Waals surface area contributed by atoms with Gasteiger partial charge in [-0.3, -0.25) is 57.6 Å². The highest BCUT2D eigenvalue weighted by molar-refractivity contribution is 6.13. The number of ether oxygens (including phenoxy) is 11. The van der Waals surface area contributed by atoms with Crippen LogP contribution in [0.25, 0.3) is 22.3 Å². The van der Waals surface area contributed by atoms with Crippen molar-refractivity contribution in [3.8, 4) is 11.4 Å². The predicted octanol–water partition coefficient (Wildman–Crippen LogP) is 1.47. The normalized spacial score (nSPS) is 18.1. The van der Waals surface area contributed by atoms with Crippen molar-refractivity contribution in [1.29, 1.82) is 0 Å². The zero-order valence-corrected chi connectivity index (χ0v) is 62.4. The number of benzene rings is 2. The van der Waals surface area contributed by atoms with E-state index in [4.69, 9.17) is 57.1 Å². The largest absolute Gasteiger partial charge is 0.460 e. The van der Waals surface area contributed by atoms with Crippen LogP contribution in [0.2, 0.25) is 0 Å². The van der Waals surface area contributed by atoms with Crippen molar-refractivity contribution in [3.05, 3.63) is 110 Å². The van der Waals surface area contributed by atoms with Crippen molar-refractivity contribution in [2.45, 2.75) is 115 Å². The van der Waals surface area contributed by atoms with E-state index < -0.39 is 91.0 Å². The zero-order valence-electron chi connectivity index (χ0n) is 62.4. The number of nitrogens with zero attached hydrogens (tertiary/aromatic N) is 3. The summed E-state index contributed by atoms with van der Waals surface area (Å²) in [7, 11) is 0. The highest BCUT2D eigenvalue weighted by Crippen LogP contribution is 2.46. The zero-order chi connectivity index (χ0) is 77.7. The van der Waals surface area contributed by atoms with Gasteiger partial charge in [-0.25, -0.2) is 9.37 Å². The van der Waals surface area contributed by atoms with E-state index in [0.29, 0.717) is 188 Å². The van der Waals surface area contributed by atoms with E-state index in [1.165, 1.54) is 23.1 Å². The van der Waals surface area contributed by atoms with Gasteiger partial charge in [-0.1, -0.05) is 37.3 Å². The van der Waals surface area contributed by atoms with Crippen LogP contribution < -0.4 is 42.8 Å². The molecule has 0 spiro atoms. The number of cyclic esters (lactones) is 1. The van der Waals surface area contributed by atoms with Crippen molar-refractivity contribution in [2.75, 3.05) is 158 Å². The molecule has 2 aromatic carbocycles. The molecule has 2 saturated carbocycles. The second kappa shape index (κ2) is 43.0. The summed E-state index contributed by atoms with van der Waals surface area (Å²) < 4.78 is 78.1. The number of fused-ring (bicyclic) bond motifs is 5. The molecule has 4 atom stereocenters. The van der Waals surface area contributed by atoms with E-state index in [1.54, 1.807) is 41.8 Å². The molecule has 10 rings (SSSR count).